The van der Waals surface area contributed by atoms with Crippen LogP contribution in [0.5, 0.6) is 5.75 Å². The minimum absolute atomic E-state index is 0.106. The fourth-order valence-electron chi connectivity index (χ4n) is 3.16. The van der Waals surface area contributed by atoms with Crippen molar-refractivity contribution in [2.75, 3.05) is 11.1 Å². The number of aryl methyl sites for hydroxylation is 1. The van der Waals surface area contributed by atoms with Crippen LogP contribution in [0.4, 0.5) is 5.69 Å². The van der Waals surface area contributed by atoms with Gasteiger partial charge in [0.25, 0.3) is 5.91 Å². The molecular weight excluding hydrogens is 509 g/mol. The molecule has 2 N–H and O–H groups in total. The van der Waals surface area contributed by atoms with Gasteiger partial charge in [0.1, 0.15) is 5.75 Å². The Morgan fingerprint density at radius 3 is 2.54 bits per heavy atom. The zero-order valence-corrected chi connectivity index (χ0v) is 22.0. The fraction of sp³-hybridized carbons (Fsp3) is 0.333. The highest BCUT2D eigenvalue weighted by Crippen LogP contribution is 2.29. The lowest BCUT2D eigenvalue weighted by Crippen LogP contribution is -2.36. The summed E-state index contributed by atoms with van der Waals surface area (Å²) in [7, 11) is 0. The molecule has 1 heterocycles. The average molecular weight is 536 g/mol. The Morgan fingerprint density at radius 2 is 1.86 bits per heavy atom. The van der Waals surface area contributed by atoms with Gasteiger partial charge in [-0.2, -0.15) is 0 Å². The molecule has 1 aromatic heterocycles. The molecule has 0 aliphatic carbocycles. The van der Waals surface area contributed by atoms with Crippen LogP contribution < -0.4 is 15.4 Å². The highest BCUT2D eigenvalue weighted by atomic mass is 35.5. The molecule has 2 amide bonds. The fourth-order valence-corrected chi connectivity index (χ4v) is 4.33. The van der Waals surface area contributed by atoms with Gasteiger partial charge in [-0.3, -0.25) is 9.59 Å². The number of amides is 2. The summed E-state index contributed by atoms with van der Waals surface area (Å²) in [6, 6.07) is 12.7. The van der Waals surface area contributed by atoms with Crippen molar-refractivity contribution in [2.24, 2.45) is 0 Å². The van der Waals surface area contributed by atoms with Crippen LogP contribution in [0.2, 0.25) is 10.0 Å². The molecule has 0 fully saturated rings. The summed E-state index contributed by atoms with van der Waals surface area (Å²) in [5.41, 5.74) is 1.65. The van der Waals surface area contributed by atoms with Crippen LogP contribution in [0, 0.1) is 0 Å². The van der Waals surface area contributed by atoms with Gasteiger partial charge in [0.05, 0.1) is 28.0 Å². The molecule has 0 aliphatic heterocycles. The number of carbonyl (C=O) groups is 2. The standard InChI is InChI=1S/C24H27Cl2N5O3S/c1-4-16-9-11-17(12-10-16)34-15(3)23(33)27-13-20-29-30-24(31(20)5-2)35-14-21(32)28-19-8-6-7-18(25)22(19)26/h6-12,15H,4-5,13-14H2,1-3H3,(H,27,33)(H,28,32)/t15-/m0/s1. The normalized spacial score (nSPS) is 11.7. The van der Waals surface area contributed by atoms with E-state index in [-0.39, 0.29) is 24.1 Å². The first-order chi connectivity index (χ1) is 16.8. The number of thioether (sulfide) groups is 1. The van der Waals surface area contributed by atoms with Crippen molar-refractivity contribution in [1.82, 2.24) is 20.1 Å². The molecule has 0 unspecified atom stereocenters. The first-order valence-corrected chi connectivity index (χ1v) is 12.9. The zero-order chi connectivity index (χ0) is 25.4. The largest absolute Gasteiger partial charge is 0.481 e. The summed E-state index contributed by atoms with van der Waals surface area (Å²) in [6.45, 7) is 6.48. The van der Waals surface area contributed by atoms with Crippen LogP contribution in [-0.2, 0) is 29.1 Å². The molecule has 3 rings (SSSR count). The minimum Gasteiger partial charge on any atom is -0.481 e. The maximum atomic E-state index is 12.5. The SMILES string of the molecule is CCc1ccc(O[C@@H](C)C(=O)NCc2nnc(SCC(=O)Nc3cccc(Cl)c3Cl)n2CC)cc1. The first kappa shape index (κ1) is 26.8. The lowest BCUT2D eigenvalue weighted by molar-refractivity contribution is -0.127. The maximum absolute atomic E-state index is 12.5. The van der Waals surface area contributed by atoms with Crippen LogP contribution in [0.1, 0.15) is 32.2 Å². The third-order valence-corrected chi connectivity index (χ3v) is 6.89. The summed E-state index contributed by atoms with van der Waals surface area (Å²) < 4.78 is 7.58. The summed E-state index contributed by atoms with van der Waals surface area (Å²) in [6.07, 6.45) is 0.270. The topological polar surface area (TPSA) is 98.1 Å². The van der Waals surface area contributed by atoms with Gasteiger partial charge >= 0.3 is 0 Å². The molecule has 0 saturated heterocycles. The molecule has 0 saturated carbocycles. The molecule has 1 atom stereocenters. The van der Waals surface area contributed by atoms with Gasteiger partial charge in [0, 0.05) is 6.54 Å². The van der Waals surface area contributed by atoms with Crippen LogP contribution in [-0.4, -0.2) is 38.4 Å². The second kappa shape index (κ2) is 12.8. The van der Waals surface area contributed by atoms with Crippen molar-refractivity contribution < 1.29 is 14.3 Å². The van der Waals surface area contributed by atoms with Gasteiger partial charge in [0.15, 0.2) is 17.1 Å². The Kier molecular flexibility index (Phi) is 9.83. The molecule has 8 nitrogen and oxygen atoms in total. The van der Waals surface area contributed by atoms with Gasteiger partial charge in [-0.05, 0) is 50.1 Å². The Morgan fingerprint density at radius 1 is 1.11 bits per heavy atom. The highest BCUT2D eigenvalue weighted by Gasteiger charge is 2.18. The number of anilines is 1. The van der Waals surface area contributed by atoms with Crippen LogP contribution in [0.15, 0.2) is 47.6 Å². The lowest BCUT2D eigenvalue weighted by Gasteiger charge is -2.15. The Bertz CT molecular complexity index is 1170. The lowest BCUT2D eigenvalue weighted by atomic mass is 10.2. The Hall–Kier alpha value is -2.75. The molecule has 0 radical (unpaired) electrons. The summed E-state index contributed by atoms with van der Waals surface area (Å²) in [5.74, 6) is 0.813. The monoisotopic (exact) mass is 535 g/mol. The van der Waals surface area contributed by atoms with Crippen LogP contribution >= 0.6 is 35.0 Å². The van der Waals surface area contributed by atoms with Crippen LogP contribution in [0.3, 0.4) is 0 Å². The quantitative estimate of drug-likeness (QED) is 0.336. The average Bonchev–Trinajstić information content (AvgIpc) is 3.26. The van der Waals surface area contributed by atoms with E-state index in [1.165, 1.54) is 17.3 Å². The number of hydrogen-bond acceptors (Lipinski definition) is 6. The number of aromatic nitrogens is 3. The Labute approximate surface area is 218 Å². The van der Waals surface area contributed by atoms with Gasteiger partial charge in [-0.25, -0.2) is 0 Å². The number of nitrogens with zero attached hydrogens (tertiary/aromatic N) is 3. The number of carbonyl (C=O) groups excluding carboxylic acids is 2. The van der Waals surface area contributed by atoms with Crippen molar-refractivity contribution in [2.45, 2.75) is 51.5 Å². The summed E-state index contributed by atoms with van der Waals surface area (Å²) >= 11 is 13.3. The minimum atomic E-state index is -0.670. The van der Waals surface area contributed by atoms with E-state index in [4.69, 9.17) is 27.9 Å². The Balaban J connectivity index is 1.52. The maximum Gasteiger partial charge on any atom is 0.261 e. The van der Waals surface area contributed by atoms with Gasteiger partial charge in [-0.1, -0.05) is 60.1 Å². The van der Waals surface area contributed by atoms with E-state index in [2.05, 4.69) is 27.8 Å². The van der Waals surface area contributed by atoms with E-state index in [1.54, 1.807) is 25.1 Å². The molecule has 0 spiro atoms. The van der Waals surface area contributed by atoms with Gasteiger partial charge in [-0.15, -0.1) is 10.2 Å². The smallest absolute Gasteiger partial charge is 0.261 e. The van der Waals surface area contributed by atoms with Crippen molar-refractivity contribution in [3.05, 3.63) is 63.9 Å². The highest BCUT2D eigenvalue weighted by molar-refractivity contribution is 7.99. The van der Waals surface area contributed by atoms with Crippen molar-refractivity contribution in [3.8, 4) is 5.75 Å². The third kappa shape index (κ3) is 7.37. The molecule has 35 heavy (non-hydrogen) atoms. The number of rotatable bonds is 11. The zero-order valence-electron chi connectivity index (χ0n) is 19.7. The first-order valence-electron chi connectivity index (χ1n) is 11.1. The van der Waals surface area contributed by atoms with E-state index >= 15 is 0 Å². The van der Waals surface area contributed by atoms with Crippen molar-refractivity contribution in [3.63, 3.8) is 0 Å². The molecule has 3 aromatic rings. The summed E-state index contributed by atoms with van der Waals surface area (Å²) in [5, 5.41) is 15.1. The number of benzene rings is 2. The molecule has 0 bridgehead atoms. The van der Waals surface area contributed by atoms with Crippen molar-refractivity contribution in [1.29, 1.82) is 0 Å². The van der Waals surface area contributed by atoms with Crippen LogP contribution in [0.25, 0.3) is 0 Å². The number of ether oxygens (including phenoxy) is 1. The molecular formula is C24H27Cl2N5O3S. The molecule has 2 aromatic carbocycles. The van der Waals surface area contributed by atoms with E-state index < -0.39 is 6.10 Å². The second-order valence-corrected chi connectivity index (χ2v) is 9.28. The summed E-state index contributed by atoms with van der Waals surface area (Å²) in [4.78, 5) is 24.9. The van der Waals surface area contributed by atoms with E-state index in [0.29, 0.717) is 39.0 Å². The van der Waals surface area contributed by atoms with Gasteiger partial charge in [0.2, 0.25) is 5.91 Å². The predicted octanol–water partition coefficient (Wildman–Crippen LogP) is 4.98. The predicted molar refractivity (Wildman–Crippen MR) is 139 cm³/mol. The third-order valence-electron chi connectivity index (χ3n) is 5.10. The van der Waals surface area contributed by atoms with E-state index in [0.717, 1.165) is 6.42 Å². The van der Waals surface area contributed by atoms with E-state index in [1.807, 2.05) is 35.8 Å². The molecule has 11 heteroatoms. The van der Waals surface area contributed by atoms with Gasteiger partial charge < -0.3 is 19.9 Å². The second-order valence-electron chi connectivity index (χ2n) is 7.56. The number of halogens is 2. The van der Waals surface area contributed by atoms with E-state index in [9.17, 15) is 9.59 Å². The number of hydrogen-bond donors (Lipinski definition) is 2. The van der Waals surface area contributed by atoms with Crippen molar-refractivity contribution >= 4 is 52.5 Å². The molecule has 0 aliphatic rings. The number of nitrogens with one attached hydrogen (secondary N) is 2. The molecule has 186 valence electrons.